The number of phenols is 1. The van der Waals surface area contributed by atoms with Crippen molar-refractivity contribution in [1.82, 2.24) is 4.90 Å². The molecule has 204 valence electrons. The number of hydrogen-bond donors (Lipinski definition) is 5. The Bertz CT molecular complexity index is 1420. The highest BCUT2D eigenvalue weighted by Gasteiger charge is 2.69. The van der Waals surface area contributed by atoms with Gasteiger partial charge in [-0.15, -0.1) is 0 Å². The maximum absolute atomic E-state index is 13.8. The van der Waals surface area contributed by atoms with Crippen molar-refractivity contribution in [3.63, 3.8) is 0 Å². The van der Waals surface area contributed by atoms with Gasteiger partial charge in [-0.25, -0.2) is 0 Å². The second-order valence-corrected chi connectivity index (χ2v) is 10.5. The smallest absolute Gasteiger partial charge is 0.230 e. The first-order chi connectivity index (χ1) is 18.4. The van der Waals surface area contributed by atoms with Crippen molar-refractivity contribution in [2.45, 2.75) is 30.5 Å². The van der Waals surface area contributed by atoms with Crippen LogP contribution in [-0.4, -0.2) is 80.7 Å². The number of nitrogens with zero attached hydrogens (tertiary/aromatic N) is 1. The summed E-state index contributed by atoms with van der Waals surface area (Å²) in [5.74, 6) is -8.81. The van der Waals surface area contributed by atoms with E-state index < -0.39 is 64.8 Å². The summed E-state index contributed by atoms with van der Waals surface area (Å²) in [5, 5.41) is 45.4. The molecule has 39 heavy (non-hydrogen) atoms. The van der Waals surface area contributed by atoms with Crippen LogP contribution in [0.5, 0.6) is 5.75 Å². The number of likely N-dealkylation sites (N-methyl/N-ethyl adjacent to an activating group) is 1. The fourth-order valence-corrected chi connectivity index (χ4v) is 6.50. The van der Waals surface area contributed by atoms with Gasteiger partial charge in [0.2, 0.25) is 5.91 Å². The average molecular weight is 535 g/mol. The number of Topliss-reactive ketones (excluding diaryl/α,β-unsaturated/α-hetero) is 2. The zero-order valence-electron chi connectivity index (χ0n) is 21.4. The van der Waals surface area contributed by atoms with Crippen molar-refractivity contribution in [2.24, 2.45) is 23.5 Å². The minimum Gasteiger partial charge on any atom is -0.508 e. The van der Waals surface area contributed by atoms with Crippen LogP contribution in [0.25, 0.3) is 5.57 Å². The first-order valence-electron chi connectivity index (χ1n) is 12.5. The second-order valence-electron chi connectivity index (χ2n) is 10.5. The van der Waals surface area contributed by atoms with Gasteiger partial charge in [-0.1, -0.05) is 49.0 Å². The van der Waals surface area contributed by atoms with Gasteiger partial charge in [-0.3, -0.25) is 14.4 Å². The molecule has 1 amide bonds. The van der Waals surface area contributed by atoms with Gasteiger partial charge in [0.1, 0.15) is 17.4 Å². The standard InChI is InChI=1S/C29H30N2O8/c1-13-15-10-7-11-16(32)18(15)23(33)19-17(13)25(39-12-14-8-5-4-6-9-14)21-22(31(2)3)24(34)20(28(30)37)27(36)29(21,38)26(19)35/h4-11,17,20-22,24-25,32,34-35,38H,1,12H2,2-3H3,(H2,30,37)/t17-,20?,21-,22+,24?,25+,29+/m1/s1. The summed E-state index contributed by atoms with van der Waals surface area (Å²) in [6, 6.07) is 12.4. The number of carbonyl (C=O) groups is 3. The number of amides is 1. The monoisotopic (exact) mass is 534 g/mol. The summed E-state index contributed by atoms with van der Waals surface area (Å²) in [6.45, 7) is 4.16. The Balaban J connectivity index is 1.78. The summed E-state index contributed by atoms with van der Waals surface area (Å²) in [6.07, 6.45) is -2.82. The summed E-state index contributed by atoms with van der Waals surface area (Å²) >= 11 is 0. The lowest BCUT2D eigenvalue weighted by Crippen LogP contribution is -2.74. The van der Waals surface area contributed by atoms with E-state index in [1.54, 1.807) is 26.2 Å². The van der Waals surface area contributed by atoms with Crippen molar-refractivity contribution in [3.8, 4) is 5.75 Å². The van der Waals surface area contributed by atoms with Crippen LogP contribution in [0.3, 0.4) is 0 Å². The largest absolute Gasteiger partial charge is 0.508 e. The van der Waals surface area contributed by atoms with Crippen LogP contribution >= 0.6 is 0 Å². The van der Waals surface area contributed by atoms with Crippen molar-refractivity contribution < 1.29 is 39.5 Å². The summed E-state index contributed by atoms with van der Waals surface area (Å²) in [7, 11) is 3.17. The molecule has 10 heteroatoms. The zero-order valence-corrected chi connectivity index (χ0v) is 21.4. The van der Waals surface area contributed by atoms with Crippen molar-refractivity contribution >= 4 is 23.0 Å². The number of ketones is 2. The molecular formula is C29H30N2O8. The molecule has 2 unspecified atom stereocenters. The quantitative estimate of drug-likeness (QED) is 0.350. The van der Waals surface area contributed by atoms with Gasteiger partial charge in [0.25, 0.3) is 0 Å². The van der Waals surface area contributed by atoms with E-state index in [9.17, 15) is 34.8 Å². The molecule has 0 heterocycles. The van der Waals surface area contributed by atoms with E-state index in [0.29, 0.717) is 11.1 Å². The molecule has 0 bridgehead atoms. The van der Waals surface area contributed by atoms with Gasteiger partial charge in [-0.2, -0.15) is 0 Å². The number of aliphatic hydroxyl groups is 3. The molecule has 6 N–H and O–H groups in total. The van der Waals surface area contributed by atoms with Gasteiger partial charge in [0, 0.05) is 17.9 Å². The van der Waals surface area contributed by atoms with Gasteiger partial charge in [-0.05, 0) is 36.9 Å². The molecule has 2 aromatic carbocycles. The Labute approximate surface area is 224 Å². The second kappa shape index (κ2) is 9.42. The van der Waals surface area contributed by atoms with Gasteiger partial charge in [0.15, 0.2) is 17.2 Å². The molecule has 0 spiro atoms. The van der Waals surface area contributed by atoms with E-state index in [-0.39, 0.29) is 23.5 Å². The predicted octanol–water partition coefficient (Wildman–Crippen LogP) is 0.952. The van der Waals surface area contributed by atoms with Gasteiger partial charge >= 0.3 is 0 Å². The molecule has 0 aromatic heterocycles. The lowest BCUT2D eigenvalue weighted by Gasteiger charge is -2.56. The third kappa shape index (κ3) is 3.75. The van der Waals surface area contributed by atoms with E-state index in [1.807, 2.05) is 30.3 Å². The fraction of sp³-hybridized carbons (Fsp3) is 0.345. The van der Waals surface area contributed by atoms with Crippen LogP contribution in [0.15, 0.2) is 66.4 Å². The van der Waals surface area contributed by atoms with E-state index in [4.69, 9.17) is 10.5 Å². The van der Waals surface area contributed by atoms with Gasteiger partial charge < -0.3 is 35.8 Å². The molecule has 1 fully saturated rings. The maximum Gasteiger partial charge on any atom is 0.230 e. The maximum atomic E-state index is 13.8. The van der Waals surface area contributed by atoms with Crippen LogP contribution in [0.4, 0.5) is 0 Å². The lowest BCUT2D eigenvalue weighted by molar-refractivity contribution is -0.198. The van der Waals surface area contributed by atoms with E-state index >= 15 is 0 Å². The SMILES string of the molecule is C=C1c2cccc(O)c2C(=O)C2=C(O)[C@]3(O)C(=O)C(C(N)=O)C(O)[C@@H](N(C)C)[C@@H]3[C@@H](OCc3ccccc3)[C@H]12. The average Bonchev–Trinajstić information content (AvgIpc) is 2.88. The van der Waals surface area contributed by atoms with Crippen molar-refractivity contribution in [3.05, 3.63) is 83.1 Å². The highest BCUT2D eigenvalue weighted by molar-refractivity contribution is 6.19. The number of aromatic hydroxyl groups is 1. The highest BCUT2D eigenvalue weighted by atomic mass is 16.5. The summed E-state index contributed by atoms with van der Waals surface area (Å²) in [4.78, 5) is 41.4. The minimum atomic E-state index is -2.81. The molecular weight excluding hydrogens is 504 g/mol. The number of aliphatic hydroxyl groups excluding tert-OH is 2. The fourth-order valence-electron chi connectivity index (χ4n) is 6.50. The third-order valence-corrected chi connectivity index (χ3v) is 8.23. The molecule has 2 aromatic rings. The van der Waals surface area contributed by atoms with Crippen LogP contribution in [0.2, 0.25) is 0 Å². The Morgan fingerprint density at radius 1 is 1.10 bits per heavy atom. The molecule has 5 rings (SSSR count). The first kappa shape index (κ1) is 26.8. The summed E-state index contributed by atoms with van der Waals surface area (Å²) < 4.78 is 6.37. The van der Waals surface area contributed by atoms with Crippen LogP contribution in [0.1, 0.15) is 21.5 Å². The van der Waals surface area contributed by atoms with Crippen molar-refractivity contribution in [2.75, 3.05) is 14.1 Å². The molecule has 10 nitrogen and oxygen atoms in total. The summed E-state index contributed by atoms with van der Waals surface area (Å²) in [5.41, 5.74) is 3.58. The molecule has 7 atom stereocenters. The van der Waals surface area contributed by atoms with E-state index in [0.717, 1.165) is 5.56 Å². The Hall–Kier alpha value is -3.83. The minimum absolute atomic E-state index is 0.000673. The number of ether oxygens (including phenoxy) is 1. The Kier molecular flexibility index (Phi) is 6.47. The normalized spacial score (nSPS) is 32.1. The molecule has 3 aliphatic rings. The molecule has 1 saturated carbocycles. The van der Waals surface area contributed by atoms with Crippen LogP contribution < -0.4 is 5.73 Å². The van der Waals surface area contributed by atoms with E-state index in [1.165, 1.54) is 11.0 Å². The first-order valence-corrected chi connectivity index (χ1v) is 12.5. The number of benzene rings is 2. The topological polar surface area (TPSA) is 171 Å². The van der Waals surface area contributed by atoms with Crippen LogP contribution in [0, 0.1) is 17.8 Å². The number of fused-ring (bicyclic) bond motifs is 3. The number of rotatable bonds is 5. The lowest BCUT2D eigenvalue weighted by atomic mass is 9.54. The van der Waals surface area contributed by atoms with Crippen molar-refractivity contribution in [1.29, 1.82) is 0 Å². The zero-order chi connectivity index (χ0) is 28.4. The molecule has 0 radical (unpaired) electrons. The number of carbonyl (C=O) groups excluding carboxylic acids is 3. The Morgan fingerprint density at radius 2 is 1.77 bits per heavy atom. The molecule has 0 saturated heterocycles. The van der Waals surface area contributed by atoms with Crippen LogP contribution in [-0.2, 0) is 20.9 Å². The number of phenolic OH excluding ortho intramolecular Hbond substituents is 1. The third-order valence-electron chi connectivity index (χ3n) is 8.23. The number of hydrogen-bond acceptors (Lipinski definition) is 9. The predicted molar refractivity (Wildman–Crippen MR) is 139 cm³/mol. The van der Waals surface area contributed by atoms with E-state index in [2.05, 4.69) is 6.58 Å². The highest BCUT2D eigenvalue weighted by Crippen LogP contribution is 2.56. The van der Waals surface area contributed by atoms with Gasteiger partial charge in [0.05, 0.1) is 30.0 Å². The number of primary amides is 1. The molecule has 0 aliphatic heterocycles. The number of nitrogens with two attached hydrogens (primary N) is 1. The Morgan fingerprint density at radius 3 is 2.38 bits per heavy atom. The molecule has 3 aliphatic carbocycles.